The smallest absolute Gasteiger partial charge is 0.756 e. The monoisotopic (exact) mass is 447 g/mol. The van der Waals surface area contributed by atoms with Crippen LogP contribution in [0, 0.1) is 0 Å². The molecule has 27 heavy (non-hydrogen) atoms. The molecule has 6 atom stereocenters. The number of aliphatic hydroxyl groups excluding tert-OH is 2. The summed E-state index contributed by atoms with van der Waals surface area (Å²) in [6.45, 7) is -0.966. The van der Waals surface area contributed by atoms with Crippen molar-refractivity contribution in [2.75, 3.05) is 12.3 Å². The minimum Gasteiger partial charge on any atom is -0.756 e. The van der Waals surface area contributed by atoms with Crippen LogP contribution in [0.2, 0.25) is 0 Å². The fourth-order valence-corrected chi connectivity index (χ4v) is 3.56. The number of rotatable bonds is 6. The Hall–Kier alpha value is 0.820. The summed E-state index contributed by atoms with van der Waals surface area (Å²) in [6.07, 6.45) is -5.12. The van der Waals surface area contributed by atoms with Crippen LogP contribution in [0.5, 0.6) is 0 Å². The van der Waals surface area contributed by atoms with Gasteiger partial charge in [0.2, 0.25) is 0 Å². The van der Waals surface area contributed by atoms with Gasteiger partial charge in [-0.1, -0.05) is 0 Å². The second-order valence-corrected chi connectivity index (χ2v) is 7.62. The van der Waals surface area contributed by atoms with Crippen LogP contribution in [0.1, 0.15) is 6.23 Å². The van der Waals surface area contributed by atoms with E-state index in [-0.39, 0.29) is 64.9 Å². The van der Waals surface area contributed by atoms with E-state index in [1.807, 2.05) is 0 Å². The fourth-order valence-electron chi connectivity index (χ4n) is 2.03. The quantitative estimate of drug-likeness (QED) is 0.235. The molecule has 1 aliphatic rings. The third-order valence-electron chi connectivity index (χ3n) is 3.06. The Morgan fingerprint density at radius 1 is 1.30 bits per heavy atom. The Bertz CT molecular complexity index is 789. The van der Waals surface area contributed by atoms with Crippen molar-refractivity contribution in [3.05, 3.63) is 22.7 Å². The minimum atomic E-state index is -5.62. The van der Waals surface area contributed by atoms with Gasteiger partial charge in [0.25, 0.3) is 15.6 Å². The number of aromatic nitrogens is 2. The van der Waals surface area contributed by atoms with Crippen molar-refractivity contribution in [1.29, 1.82) is 0 Å². The molecule has 0 aliphatic carbocycles. The average molecular weight is 447 g/mol. The molecule has 0 bridgehead atoms. The zero-order valence-corrected chi connectivity index (χ0v) is 19.9. The van der Waals surface area contributed by atoms with Gasteiger partial charge >= 0.3 is 64.8 Å². The molecule has 18 heteroatoms. The van der Waals surface area contributed by atoms with Crippen molar-refractivity contribution in [3.8, 4) is 0 Å². The van der Waals surface area contributed by atoms with Gasteiger partial charge in [-0.3, -0.25) is 13.7 Å². The number of phosphoric ester groups is 1. The number of hydrogen-bond acceptors (Lipinski definition) is 12. The van der Waals surface area contributed by atoms with Crippen LogP contribution < -0.4 is 80.3 Å². The van der Waals surface area contributed by atoms with Gasteiger partial charge in [0.05, 0.1) is 6.61 Å². The number of phosphoric acid groups is 2. The normalized spacial score (nSPS) is 29.1. The van der Waals surface area contributed by atoms with Gasteiger partial charge in [0.1, 0.15) is 24.1 Å². The fraction of sp³-hybridized carbons (Fsp3) is 0.556. The van der Waals surface area contributed by atoms with E-state index in [2.05, 4.69) is 13.8 Å². The summed E-state index contributed by atoms with van der Waals surface area (Å²) in [5, 5.41) is 19.8. The maximum absolute atomic E-state index is 11.7. The van der Waals surface area contributed by atoms with Gasteiger partial charge in [-0.15, -0.1) is 0 Å². The summed E-state index contributed by atoms with van der Waals surface area (Å²) in [4.78, 5) is 45.1. The minimum absolute atomic E-state index is 0. The van der Waals surface area contributed by atoms with Crippen LogP contribution in [0.3, 0.4) is 0 Å². The van der Waals surface area contributed by atoms with E-state index >= 15 is 0 Å². The third kappa shape index (κ3) is 7.87. The Morgan fingerprint density at radius 3 is 2.41 bits per heavy atom. The van der Waals surface area contributed by atoms with E-state index in [1.165, 1.54) is 6.07 Å². The third-order valence-corrected chi connectivity index (χ3v) is 5.15. The van der Waals surface area contributed by atoms with Crippen LogP contribution >= 0.6 is 15.6 Å². The zero-order valence-electron chi connectivity index (χ0n) is 14.1. The summed E-state index contributed by atoms with van der Waals surface area (Å²) in [6, 6.07) is 1.22. The number of ether oxygens (including phenoxy) is 1. The van der Waals surface area contributed by atoms with Gasteiger partial charge < -0.3 is 39.9 Å². The summed E-state index contributed by atoms with van der Waals surface area (Å²) >= 11 is 0. The number of nitrogens with zero attached hydrogens (tertiary/aromatic N) is 2. The maximum Gasteiger partial charge on any atom is 1.00 e. The molecule has 3 unspecified atom stereocenters. The Balaban J connectivity index is 0.00000338. The first-order chi connectivity index (χ1) is 11.4. The van der Waals surface area contributed by atoms with Crippen molar-refractivity contribution in [3.63, 3.8) is 0 Å². The number of nitrogens with two attached hydrogens (primary N) is 1. The topological polar surface area (TPSA) is 230 Å². The van der Waals surface area contributed by atoms with Gasteiger partial charge in [-0.2, -0.15) is 4.98 Å². The van der Waals surface area contributed by atoms with Gasteiger partial charge in [0.15, 0.2) is 6.23 Å². The molecule has 1 fully saturated rings. The van der Waals surface area contributed by atoms with E-state index in [9.17, 15) is 33.9 Å². The van der Waals surface area contributed by atoms with Crippen molar-refractivity contribution in [2.24, 2.45) is 0 Å². The SMILES string of the molecule is Nc1ccn([C@@H]2O[C@H](COP(=O)([O-])OP(=O)([O-])O)C(O)[C@H]2O)c(=O)n1.[Na+].[Na+]. The van der Waals surface area contributed by atoms with E-state index < -0.39 is 52.5 Å². The molecule has 1 aliphatic heterocycles. The molecule has 0 amide bonds. The van der Waals surface area contributed by atoms with Crippen molar-refractivity contribution >= 4 is 21.5 Å². The molecule has 0 aromatic carbocycles. The molecule has 2 rings (SSSR count). The summed E-state index contributed by atoms with van der Waals surface area (Å²) in [7, 11) is -11.1. The largest absolute Gasteiger partial charge is 1.00 e. The van der Waals surface area contributed by atoms with Crippen LogP contribution in [0.25, 0.3) is 0 Å². The molecular weight excluding hydrogens is 434 g/mol. The number of nitrogen functional groups attached to an aromatic ring is 1. The predicted molar refractivity (Wildman–Crippen MR) is 73.3 cm³/mol. The number of hydrogen-bond donors (Lipinski definition) is 4. The van der Waals surface area contributed by atoms with Crippen molar-refractivity contribution in [2.45, 2.75) is 24.5 Å². The zero-order chi connectivity index (χ0) is 19.0. The van der Waals surface area contributed by atoms with Crippen molar-refractivity contribution in [1.82, 2.24) is 9.55 Å². The van der Waals surface area contributed by atoms with Crippen LogP contribution in [-0.2, 0) is 22.7 Å². The van der Waals surface area contributed by atoms with Gasteiger partial charge in [0, 0.05) is 6.20 Å². The summed E-state index contributed by atoms with van der Waals surface area (Å²) in [5.41, 5.74) is 4.42. The van der Waals surface area contributed by atoms with Crippen LogP contribution in [0.4, 0.5) is 5.82 Å². The molecule has 142 valence electrons. The molecule has 0 radical (unpaired) electrons. The Kier molecular flexibility index (Phi) is 11.1. The first kappa shape index (κ1) is 27.8. The van der Waals surface area contributed by atoms with Gasteiger partial charge in [-0.05, 0) is 6.07 Å². The molecule has 2 heterocycles. The van der Waals surface area contributed by atoms with E-state index in [0.717, 1.165) is 10.8 Å². The second-order valence-electron chi connectivity index (χ2n) is 4.88. The molecule has 0 saturated carbocycles. The summed E-state index contributed by atoms with van der Waals surface area (Å²) < 4.78 is 35.1. The van der Waals surface area contributed by atoms with Crippen molar-refractivity contribution < 1.29 is 107 Å². The molecule has 0 spiro atoms. The first-order valence-corrected chi connectivity index (χ1v) is 9.42. The van der Waals surface area contributed by atoms with E-state index in [0.29, 0.717) is 0 Å². The number of aliphatic hydroxyl groups is 2. The van der Waals surface area contributed by atoms with E-state index in [1.54, 1.807) is 0 Å². The Labute approximate surface area is 196 Å². The average Bonchev–Trinajstić information content (AvgIpc) is 2.71. The predicted octanol–water partition coefficient (Wildman–Crippen LogP) is -9.59. The molecule has 14 nitrogen and oxygen atoms in total. The van der Waals surface area contributed by atoms with Gasteiger partial charge in [-0.25, -0.2) is 9.11 Å². The molecule has 1 saturated heterocycles. The molecule has 5 N–H and O–H groups in total. The maximum atomic E-state index is 11.7. The second kappa shape index (κ2) is 10.7. The van der Waals surface area contributed by atoms with Crippen LogP contribution in [0.15, 0.2) is 17.1 Å². The molecule has 1 aromatic rings. The molecular formula is C9H13N3Na2O11P2. The van der Waals surface area contributed by atoms with E-state index in [4.69, 9.17) is 15.4 Å². The molecule has 1 aromatic heterocycles. The standard InChI is InChI=1S/C9H15N3O11P2.2Na/c10-5-1-2-12(9(15)11-5)8-7(14)6(13)4(22-8)3-21-25(19,20)23-24(16,17)18;;/h1-2,4,6-8,13-14H,3H2,(H,19,20)(H2,10,11,15)(H2,16,17,18);;/q;2*+1/p-2/t4-,6?,7-,8-;;/m1../s1. The Morgan fingerprint density at radius 2 is 1.89 bits per heavy atom. The summed E-state index contributed by atoms with van der Waals surface area (Å²) in [5.74, 6) is -0.0929. The number of anilines is 1. The van der Waals surface area contributed by atoms with Crippen LogP contribution in [-0.4, -0.2) is 49.6 Å². The first-order valence-electron chi connectivity index (χ1n) is 6.46.